The molecule has 0 amide bonds. The summed E-state index contributed by atoms with van der Waals surface area (Å²) in [4.78, 5) is 12.2. The number of ketones is 1. The minimum absolute atomic E-state index is 0.124. The molecule has 112 valence electrons. The SMILES string of the molecule is COc1ccc2c(c1)CC[C@@H]1[C@@H]2CC[C@]2(C)C(=O)CO[C@@H]12. The fraction of sp³-hybridized carbons (Fsp3) is 0.611. The van der Waals surface area contributed by atoms with E-state index in [-0.39, 0.29) is 11.5 Å². The fourth-order valence-electron chi connectivity index (χ4n) is 4.78. The number of hydrogen-bond donors (Lipinski definition) is 0. The molecule has 0 bridgehead atoms. The Morgan fingerprint density at radius 2 is 2.19 bits per heavy atom. The number of ether oxygens (including phenoxy) is 2. The molecule has 1 aliphatic heterocycles. The Balaban J connectivity index is 1.70. The highest BCUT2D eigenvalue weighted by molar-refractivity contribution is 5.88. The number of carbonyl (C=O) groups is 1. The van der Waals surface area contributed by atoms with Gasteiger partial charge in [0.05, 0.1) is 18.6 Å². The number of hydrogen-bond acceptors (Lipinski definition) is 3. The van der Waals surface area contributed by atoms with Crippen LogP contribution in [0.5, 0.6) is 5.75 Å². The average Bonchev–Trinajstić information content (AvgIpc) is 2.82. The van der Waals surface area contributed by atoms with Gasteiger partial charge in [0.25, 0.3) is 0 Å². The molecule has 2 fully saturated rings. The first-order valence-electron chi connectivity index (χ1n) is 7.95. The van der Waals surface area contributed by atoms with Crippen molar-refractivity contribution in [2.45, 2.75) is 44.6 Å². The Hall–Kier alpha value is -1.35. The lowest BCUT2D eigenvalue weighted by Crippen LogP contribution is -2.46. The van der Waals surface area contributed by atoms with Gasteiger partial charge in [-0.2, -0.15) is 0 Å². The van der Waals surface area contributed by atoms with E-state index in [9.17, 15) is 4.79 Å². The average molecular weight is 286 g/mol. The molecule has 4 rings (SSSR count). The molecule has 21 heavy (non-hydrogen) atoms. The highest BCUT2D eigenvalue weighted by Crippen LogP contribution is 2.55. The van der Waals surface area contributed by atoms with Gasteiger partial charge in [0, 0.05) is 0 Å². The molecular weight excluding hydrogens is 264 g/mol. The van der Waals surface area contributed by atoms with Gasteiger partial charge < -0.3 is 9.47 Å². The van der Waals surface area contributed by atoms with Crippen molar-refractivity contribution in [3.8, 4) is 5.75 Å². The second-order valence-electron chi connectivity index (χ2n) is 6.98. The number of methoxy groups -OCH3 is 1. The zero-order chi connectivity index (χ0) is 14.6. The van der Waals surface area contributed by atoms with E-state index in [1.54, 1.807) is 7.11 Å². The zero-order valence-electron chi connectivity index (χ0n) is 12.7. The second kappa shape index (κ2) is 4.57. The Morgan fingerprint density at radius 3 is 3.00 bits per heavy atom. The van der Waals surface area contributed by atoms with E-state index in [1.165, 1.54) is 11.1 Å². The van der Waals surface area contributed by atoms with Crippen LogP contribution in [0, 0.1) is 11.3 Å². The van der Waals surface area contributed by atoms with Crippen LogP contribution in [0.15, 0.2) is 18.2 Å². The van der Waals surface area contributed by atoms with Crippen LogP contribution in [0.1, 0.15) is 43.2 Å². The molecule has 0 radical (unpaired) electrons. The molecule has 0 aromatic heterocycles. The number of Topliss-reactive ketones (excluding diaryl/α,β-unsaturated/α-hetero) is 1. The van der Waals surface area contributed by atoms with Gasteiger partial charge in [-0.15, -0.1) is 0 Å². The largest absolute Gasteiger partial charge is 0.497 e. The van der Waals surface area contributed by atoms with Crippen molar-refractivity contribution in [1.82, 2.24) is 0 Å². The predicted molar refractivity (Wildman–Crippen MR) is 79.6 cm³/mol. The lowest BCUT2D eigenvalue weighted by molar-refractivity contribution is -0.126. The quantitative estimate of drug-likeness (QED) is 0.795. The molecular formula is C18H22O3. The summed E-state index contributed by atoms with van der Waals surface area (Å²) >= 11 is 0. The minimum Gasteiger partial charge on any atom is -0.497 e. The van der Waals surface area contributed by atoms with Crippen LogP contribution in [0.3, 0.4) is 0 Å². The third-order valence-corrected chi connectivity index (χ3v) is 6.04. The van der Waals surface area contributed by atoms with E-state index in [4.69, 9.17) is 9.47 Å². The topological polar surface area (TPSA) is 35.5 Å². The third-order valence-electron chi connectivity index (χ3n) is 6.04. The highest BCUT2D eigenvalue weighted by atomic mass is 16.5. The van der Waals surface area contributed by atoms with Gasteiger partial charge in [0.1, 0.15) is 12.4 Å². The van der Waals surface area contributed by atoms with E-state index >= 15 is 0 Å². The first-order valence-corrected chi connectivity index (χ1v) is 7.95. The van der Waals surface area contributed by atoms with Crippen molar-refractivity contribution in [3.63, 3.8) is 0 Å². The monoisotopic (exact) mass is 286 g/mol. The maximum atomic E-state index is 12.2. The molecule has 0 unspecified atom stereocenters. The molecule has 3 heteroatoms. The summed E-state index contributed by atoms with van der Waals surface area (Å²) in [6, 6.07) is 6.47. The van der Waals surface area contributed by atoms with Gasteiger partial charge in [-0.25, -0.2) is 0 Å². The predicted octanol–water partition coefficient (Wildman–Crippen LogP) is 3.11. The maximum Gasteiger partial charge on any atom is 0.166 e. The summed E-state index contributed by atoms with van der Waals surface area (Å²) in [5.41, 5.74) is 2.64. The second-order valence-corrected chi connectivity index (χ2v) is 6.98. The number of fused-ring (bicyclic) bond motifs is 5. The lowest BCUT2D eigenvalue weighted by Gasteiger charge is -2.46. The van der Waals surface area contributed by atoms with Gasteiger partial charge in [-0.05, 0) is 60.8 Å². The standard InChI is InChI=1S/C18H22O3/c1-18-8-7-14-13-6-4-12(20-2)9-11(13)3-5-15(14)17(18)21-10-16(18)19/h4,6,9,14-15,17H,3,5,7-8,10H2,1-2H3/t14-,15-,17+,18-/m1/s1. The summed E-state index contributed by atoms with van der Waals surface area (Å²) < 4.78 is 11.3. The molecule has 1 aromatic carbocycles. The molecule has 0 N–H and O–H groups in total. The molecule has 3 aliphatic rings. The summed E-state index contributed by atoms with van der Waals surface area (Å²) in [5.74, 6) is 2.30. The van der Waals surface area contributed by atoms with Crippen LogP contribution in [0.25, 0.3) is 0 Å². The van der Waals surface area contributed by atoms with Crippen molar-refractivity contribution in [2.24, 2.45) is 11.3 Å². The number of rotatable bonds is 1. The third kappa shape index (κ3) is 1.80. The number of benzene rings is 1. The number of aryl methyl sites for hydroxylation is 1. The van der Waals surface area contributed by atoms with Crippen molar-refractivity contribution >= 4 is 5.78 Å². The Labute approximate surface area is 125 Å². The summed E-state index contributed by atoms with van der Waals surface area (Å²) in [5, 5.41) is 0. The smallest absolute Gasteiger partial charge is 0.166 e. The molecule has 3 nitrogen and oxygen atoms in total. The summed E-state index contributed by atoms with van der Waals surface area (Å²) in [6.45, 7) is 2.44. The Morgan fingerprint density at radius 1 is 1.33 bits per heavy atom. The van der Waals surface area contributed by atoms with Crippen molar-refractivity contribution in [2.75, 3.05) is 13.7 Å². The van der Waals surface area contributed by atoms with Crippen molar-refractivity contribution in [3.05, 3.63) is 29.3 Å². The highest BCUT2D eigenvalue weighted by Gasteiger charge is 2.55. The molecule has 1 heterocycles. The van der Waals surface area contributed by atoms with Crippen LogP contribution in [-0.4, -0.2) is 25.6 Å². The van der Waals surface area contributed by atoms with Crippen molar-refractivity contribution < 1.29 is 14.3 Å². The summed E-state index contributed by atoms with van der Waals surface area (Å²) in [6.07, 6.45) is 4.38. The van der Waals surface area contributed by atoms with Gasteiger partial charge in [0.15, 0.2) is 5.78 Å². The van der Waals surface area contributed by atoms with E-state index < -0.39 is 0 Å². The van der Waals surface area contributed by atoms with Crippen LogP contribution < -0.4 is 4.74 Å². The van der Waals surface area contributed by atoms with Gasteiger partial charge >= 0.3 is 0 Å². The van der Waals surface area contributed by atoms with Gasteiger partial charge in [-0.1, -0.05) is 13.0 Å². The Kier molecular flexibility index (Phi) is 2.90. The van der Waals surface area contributed by atoms with Crippen LogP contribution in [-0.2, 0) is 16.0 Å². The van der Waals surface area contributed by atoms with Crippen LogP contribution >= 0.6 is 0 Å². The first-order chi connectivity index (χ1) is 10.1. The maximum absolute atomic E-state index is 12.2. The molecule has 0 spiro atoms. The summed E-state index contributed by atoms with van der Waals surface area (Å²) in [7, 11) is 1.72. The molecule has 1 saturated carbocycles. The van der Waals surface area contributed by atoms with Crippen molar-refractivity contribution in [1.29, 1.82) is 0 Å². The van der Waals surface area contributed by atoms with Crippen LogP contribution in [0.2, 0.25) is 0 Å². The first kappa shape index (κ1) is 13.3. The van der Waals surface area contributed by atoms with E-state index in [0.717, 1.165) is 31.4 Å². The van der Waals surface area contributed by atoms with E-state index in [2.05, 4.69) is 25.1 Å². The molecule has 2 aliphatic carbocycles. The van der Waals surface area contributed by atoms with Gasteiger partial charge in [-0.3, -0.25) is 4.79 Å². The Bertz CT molecular complexity index is 594. The molecule has 1 saturated heterocycles. The number of carbonyl (C=O) groups excluding carboxylic acids is 1. The zero-order valence-corrected chi connectivity index (χ0v) is 12.7. The minimum atomic E-state index is -0.231. The normalized spacial score (nSPS) is 37.6. The molecule has 4 atom stereocenters. The lowest BCUT2D eigenvalue weighted by atomic mass is 9.58. The van der Waals surface area contributed by atoms with Gasteiger partial charge in [0.2, 0.25) is 0 Å². The van der Waals surface area contributed by atoms with E-state index in [0.29, 0.717) is 24.2 Å². The van der Waals surface area contributed by atoms with E-state index in [1.807, 2.05) is 0 Å². The molecule has 1 aromatic rings. The fourth-order valence-corrected chi connectivity index (χ4v) is 4.78. The van der Waals surface area contributed by atoms with Crippen LogP contribution in [0.4, 0.5) is 0 Å².